The molecule has 0 unspecified atom stereocenters. The van der Waals surface area contributed by atoms with Gasteiger partial charge in [0.2, 0.25) is 0 Å². The molecule has 0 aliphatic rings. The summed E-state index contributed by atoms with van der Waals surface area (Å²) in [5, 5.41) is 6.25. The molecule has 0 aliphatic heterocycles. The summed E-state index contributed by atoms with van der Waals surface area (Å²) in [5.41, 5.74) is 14.1. The number of para-hydroxylation sites is 1. The fraction of sp³-hybridized carbons (Fsp3) is 0.0233. The van der Waals surface area contributed by atoms with Crippen LogP contribution in [0.2, 0.25) is 0 Å². The number of fused-ring (bicyclic) bond motifs is 3. The minimum atomic E-state index is 1.06. The monoisotopic (exact) mass is 576 g/mol. The van der Waals surface area contributed by atoms with Gasteiger partial charge in [-0.1, -0.05) is 121 Å². The van der Waals surface area contributed by atoms with Crippen molar-refractivity contribution in [2.75, 3.05) is 5.32 Å². The van der Waals surface area contributed by atoms with Crippen molar-refractivity contribution in [2.24, 2.45) is 0 Å². The summed E-state index contributed by atoms with van der Waals surface area (Å²) in [7, 11) is 0. The highest BCUT2D eigenvalue weighted by Crippen LogP contribution is 2.38. The first kappa shape index (κ1) is 26.7. The van der Waals surface area contributed by atoms with Crippen LogP contribution in [0.5, 0.6) is 0 Å². The summed E-state index contributed by atoms with van der Waals surface area (Å²) in [6.07, 6.45) is 0. The van der Waals surface area contributed by atoms with Crippen molar-refractivity contribution in [1.82, 2.24) is 4.57 Å². The molecule has 0 spiro atoms. The van der Waals surface area contributed by atoms with Crippen molar-refractivity contribution < 1.29 is 0 Å². The second kappa shape index (κ2) is 11.3. The van der Waals surface area contributed by atoms with E-state index in [1.165, 1.54) is 66.4 Å². The average Bonchev–Trinajstić information content (AvgIpc) is 3.43. The zero-order valence-electron chi connectivity index (χ0n) is 25.1. The van der Waals surface area contributed by atoms with Gasteiger partial charge in [0.05, 0.1) is 11.0 Å². The molecule has 45 heavy (non-hydrogen) atoms. The van der Waals surface area contributed by atoms with E-state index < -0.39 is 0 Å². The maximum absolute atomic E-state index is 3.74. The summed E-state index contributed by atoms with van der Waals surface area (Å²) in [6, 6.07) is 60.9. The third-order valence-electron chi connectivity index (χ3n) is 8.65. The zero-order valence-corrected chi connectivity index (χ0v) is 25.1. The first-order chi connectivity index (χ1) is 22.2. The Morgan fingerprint density at radius 2 is 1.04 bits per heavy atom. The molecule has 0 bridgehead atoms. The summed E-state index contributed by atoms with van der Waals surface area (Å²) in [6.45, 7) is 2.13. The van der Waals surface area contributed by atoms with Crippen LogP contribution in [0.25, 0.3) is 60.9 Å². The highest BCUT2D eigenvalue weighted by molar-refractivity contribution is 6.10. The Balaban J connectivity index is 1.23. The smallest absolute Gasteiger partial charge is 0.0541 e. The summed E-state index contributed by atoms with van der Waals surface area (Å²) in [5.74, 6) is 0. The van der Waals surface area contributed by atoms with Crippen molar-refractivity contribution in [3.8, 4) is 39.1 Å². The van der Waals surface area contributed by atoms with E-state index in [-0.39, 0.29) is 0 Å². The molecular formula is C43H32N2. The average molecular weight is 577 g/mol. The van der Waals surface area contributed by atoms with Gasteiger partial charge in [0.15, 0.2) is 0 Å². The van der Waals surface area contributed by atoms with E-state index in [0.29, 0.717) is 0 Å². The van der Waals surface area contributed by atoms with E-state index in [4.69, 9.17) is 0 Å². The Kier molecular flexibility index (Phi) is 6.73. The Bertz CT molecular complexity index is 2280. The molecule has 0 radical (unpaired) electrons. The molecule has 1 N–H and O–H groups in total. The second-order valence-electron chi connectivity index (χ2n) is 11.6. The number of aromatic nitrogens is 1. The van der Waals surface area contributed by atoms with Gasteiger partial charge < -0.3 is 9.88 Å². The zero-order chi connectivity index (χ0) is 30.2. The number of anilines is 2. The molecule has 0 fully saturated rings. The van der Waals surface area contributed by atoms with E-state index >= 15 is 0 Å². The number of hydrogen-bond acceptors (Lipinski definition) is 1. The van der Waals surface area contributed by atoms with Gasteiger partial charge in [-0.3, -0.25) is 0 Å². The van der Waals surface area contributed by atoms with Crippen LogP contribution in [-0.4, -0.2) is 4.57 Å². The lowest BCUT2D eigenvalue weighted by atomic mass is 9.96. The van der Waals surface area contributed by atoms with Gasteiger partial charge >= 0.3 is 0 Å². The quantitative estimate of drug-likeness (QED) is 0.208. The van der Waals surface area contributed by atoms with Crippen LogP contribution >= 0.6 is 0 Å². The lowest BCUT2D eigenvalue weighted by Crippen LogP contribution is -1.95. The van der Waals surface area contributed by atoms with Crippen LogP contribution in [0.1, 0.15) is 5.56 Å². The van der Waals surface area contributed by atoms with Crippen molar-refractivity contribution in [3.05, 3.63) is 175 Å². The van der Waals surface area contributed by atoms with Crippen LogP contribution in [0.3, 0.4) is 0 Å². The van der Waals surface area contributed by atoms with Crippen LogP contribution in [-0.2, 0) is 0 Å². The van der Waals surface area contributed by atoms with Crippen molar-refractivity contribution in [3.63, 3.8) is 0 Å². The molecule has 0 saturated heterocycles. The molecule has 1 heterocycles. The summed E-state index contributed by atoms with van der Waals surface area (Å²) in [4.78, 5) is 0. The Morgan fingerprint density at radius 1 is 0.422 bits per heavy atom. The minimum Gasteiger partial charge on any atom is -0.355 e. The first-order valence-electron chi connectivity index (χ1n) is 15.4. The molecule has 8 aromatic rings. The predicted octanol–water partition coefficient (Wildman–Crippen LogP) is 11.8. The highest BCUT2D eigenvalue weighted by atomic mass is 15.0. The topological polar surface area (TPSA) is 17.0 Å². The number of hydrogen-bond donors (Lipinski definition) is 1. The minimum absolute atomic E-state index is 1.06. The molecule has 7 aromatic carbocycles. The number of nitrogens with one attached hydrogen (secondary N) is 1. The van der Waals surface area contributed by atoms with Crippen LogP contribution in [0.15, 0.2) is 170 Å². The number of rotatable bonds is 6. The predicted molar refractivity (Wildman–Crippen MR) is 192 cm³/mol. The Labute approximate surface area is 263 Å². The van der Waals surface area contributed by atoms with E-state index in [1.807, 2.05) is 0 Å². The fourth-order valence-corrected chi connectivity index (χ4v) is 6.38. The molecular weight excluding hydrogens is 544 g/mol. The fourth-order valence-electron chi connectivity index (χ4n) is 6.38. The molecule has 1 aromatic heterocycles. The molecule has 0 atom stereocenters. The van der Waals surface area contributed by atoms with E-state index in [0.717, 1.165) is 11.4 Å². The van der Waals surface area contributed by atoms with Gasteiger partial charge in [0, 0.05) is 33.4 Å². The van der Waals surface area contributed by atoms with Crippen molar-refractivity contribution >= 4 is 33.2 Å². The molecule has 214 valence electrons. The van der Waals surface area contributed by atoms with Gasteiger partial charge in [-0.05, 0) is 89.3 Å². The number of aryl methyl sites for hydroxylation is 1. The van der Waals surface area contributed by atoms with Crippen molar-refractivity contribution in [2.45, 2.75) is 6.92 Å². The van der Waals surface area contributed by atoms with E-state index in [1.54, 1.807) is 0 Å². The Morgan fingerprint density at radius 3 is 1.84 bits per heavy atom. The van der Waals surface area contributed by atoms with Crippen molar-refractivity contribution in [1.29, 1.82) is 0 Å². The Hall–Kier alpha value is -5.86. The molecule has 0 saturated carbocycles. The lowest BCUT2D eigenvalue weighted by Gasteiger charge is -2.16. The lowest BCUT2D eigenvalue weighted by molar-refractivity contribution is 1.17. The second-order valence-corrected chi connectivity index (χ2v) is 11.6. The van der Waals surface area contributed by atoms with Gasteiger partial charge in [0.1, 0.15) is 0 Å². The molecule has 8 rings (SSSR count). The molecule has 2 nitrogen and oxygen atoms in total. The maximum atomic E-state index is 3.74. The van der Waals surface area contributed by atoms with E-state index in [2.05, 4.69) is 187 Å². The number of benzene rings is 7. The first-order valence-corrected chi connectivity index (χ1v) is 15.4. The van der Waals surface area contributed by atoms with Gasteiger partial charge in [-0.25, -0.2) is 0 Å². The maximum Gasteiger partial charge on any atom is 0.0541 e. The third kappa shape index (κ3) is 5.07. The van der Waals surface area contributed by atoms with Crippen LogP contribution in [0, 0.1) is 6.92 Å². The summed E-state index contributed by atoms with van der Waals surface area (Å²) >= 11 is 0. The van der Waals surface area contributed by atoms with Crippen LogP contribution < -0.4 is 5.32 Å². The van der Waals surface area contributed by atoms with Gasteiger partial charge in [0.25, 0.3) is 0 Å². The van der Waals surface area contributed by atoms with Gasteiger partial charge in [-0.2, -0.15) is 0 Å². The molecule has 0 aliphatic carbocycles. The van der Waals surface area contributed by atoms with Crippen LogP contribution in [0.4, 0.5) is 11.4 Å². The third-order valence-corrected chi connectivity index (χ3v) is 8.65. The normalized spacial score (nSPS) is 11.2. The van der Waals surface area contributed by atoms with Gasteiger partial charge in [-0.15, -0.1) is 0 Å². The number of nitrogens with zero attached hydrogens (tertiary/aromatic N) is 1. The standard InChI is InChI=1S/C43H32N2/c1-30-19-23-37(24-20-30)45-42-18-9-8-17-38(42)40-29-35(22-26-43(40)45)34-21-25-41(39(28-34)32-13-6-3-7-14-32)44-36-16-10-15-33(27-36)31-11-4-2-5-12-31/h2-29,44H,1H3. The SMILES string of the molecule is Cc1ccc(-n2c3ccccc3c3cc(-c4ccc(Nc5cccc(-c6ccccc6)c5)c(-c5ccccc5)c4)ccc32)cc1. The summed E-state index contributed by atoms with van der Waals surface area (Å²) < 4.78 is 2.37. The highest BCUT2D eigenvalue weighted by Gasteiger charge is 2.14. The van der Waals surface area contributed by atoms with E-state index in [9.17, 15) is 0 Å². The molecule has 2 heteroatoms. The molecule has 0 amide bonds. The largest absolute Gasteiger partial charge is 0.355 e.